The van der Waals surface area contributed by atoms with Gasteiger partial charge in [0.1, 0.15) is 4.83 Å². The van der Waals surface area contributed by atoms with Gasteiger partial charge in [0.25, 0.3) is 5.56 Å². The van der Waals surface area contributed by atoms with Gasteiger partial charge in [0, 0.05) is 17.0 Å². The van der Waals surface area contributed by atoms with E-state index < -0.39 is 5.97 Å². The molecule has 0 aliphatic heterocycles. The summed E-state index contributed by atoms with van der Waals surface area (Å²) in [5.74, 6) is -0.778. The number of carbonyl (C=O) groups is 2. The van der Waals surface area contributed by atoms with Gasteiger partial charge in [-0.25, -0.2) is 4.98 Å². The van der Waals surface area contributed by atoms with Crippen molar-refractivity contribution in [2.75, 3.05) is 6.61 Å². The molecule has 2 heterocycles. The van der Waals surface area contributed by atoms with Crippen LogP contribution in [0.4, 0.5) is 0 Å². The van der Waals surface area contributed by atoms with Crippen LogP contribution < -0.4 is 5.56 Å². The first-order valence-electron chi connectivity index (χ1n) is 10.8. The van der Waals surface area contributed by atoms with Crippen molar-refractivity contribution in [3.05, 3.63) is 86.3 Å². The molecule has 0 saturated carbocycles. The first kappa shape index (κ1) is 21.3. The molecule has 1 aliphatic carbocycles. The van der Waals surface area contributed by atoms with Crippen LogP contribution in [0.2, 0.25) is 0 Å². The van der Waals surface area contributed by atoms with Crippen molar-refractivity contribution in [1.82, 2.24) is 9.55 Å². The lowest BCUT2D eigenvalue weighted by Gasteiger charge is -2.08. The number of aromatic nitrogens is 2. The quantitative estimate of drug-likeness (QED) is 0.277. The van der Waals surface area contributed by atoms with Crippen molar-refractivity contribution in [2.24, 2.45) is 0 Å². The van der Waals surface area contributed by atoms with Crippen molar-refractivity contribution < 1.29 is 14.3 Å². The Labute approximate surface area is 194 Å². The molecule has 1 aliphatic rings. The molecule has 0 spiro atoms. The number of thiophene rings is 1. The van der Waals surface area contributed by atoms with E-state index in [0.717, 1.165) is 28.0 Å². The van der Waals surface area contributed by atoms with Gasteiger partial charge in [-0.2, -0.15) is 0 Å². The standard InChI is InChI=1S/C26H22N2O4S/c1-15-16(2)33-25-24(15)26(31)28(14-27-25)10-9-23(30)32-13-22(29)19-8-7-18-11-17-5-3-4-6-20(17)21(18)12-19/h3-8,12,14H,9-11,13H2,1-2H3. The molecule has 4 aromatic rings. The number of esters is 1. The second-order valence-corrected chi connectivity index (χ2v) is 9.45. The highest BCUT2D eigenvalue weighted by molar-refractivity contribution is 7.18. The predicted octanol–water partition coefficient (Wildman–Crippen LogP) is 4.46. The molecule has 2 aromatic heterocycles. The van der Waals surface area contributed by atoms with Crippen LogP contribution in [0.15, 0.2) is 53.6 Å². The van der Waals surface area contributed by atoms with E-state index in [1.165, 1.54) is 33.4 Å². The first-order chi connectivity index (χ1) is 15.9. The fourth-order valence-electron chi connectivity index (χ4n) is 4.24. The first-order valence-corrected chi connectivity index (χ1v) is 11.6. The highest BCUT2D eigenvalue weighted by atomic mass is 32.1. The fraction of sp³-hybridized carbons (Fsp3) is 0.231. The van der Waals surface area contributed by atoms with Crippen LogP contribution in [-0.2, 0) is 22.5 Å². The Morgan fingerprint density at radius 2 is 1.88 bits per heavy atom. The summed E-state index contributed by atoms with van der Waals surface area (Å²) < 4.78 is 6.62. The number of carbonyl (C=O) groups excluding carboxylic acids is 2. The van der Waals surface area contributed by atoms with Crippen molar-refractivity contribution >= 4 is 33.3 Å². The minimum absolute atomic E-state index is 0.0138. The lowest BCUT2D eigenvalue weighted by atomic mass is 10.0. The SMILES string of the molecule is Cc1sc2ncn(CCC(=O)OCC(=O)c3ccc4c(c3)-c3ccccc3C4)c(=O)c2c1C. The summed E-state index contributed by atoms with van der Waals surface area (Å²) in [6, 6.07) is 13.8. The van der Waals surface area contributed by atoms with Crippen LogP contribution in [0, 0.1) is 13.8 Å². The molecule has 0 N–H and O–H groups in total. The minimum atomic E-state index is -0.528. The van der Waals surface area contributed by atoms with E-state index in [4.69, 9.17) is 4.74 Å². The number of hydrogen-bond acceptors (Lipinski definition) is 6. The third-order valence-corrected chi connectivity index (χ3v) is 7.31. The molecule has 7 heteroatoms. The third kappa shape index (κ3) is 3.89. The van der Waals surface area contributed by atoms with Crippen molar-refractivity contribution in [3.63, 3.8) is 0 Å². The smallest absolute Gasteiger partial charge is 0.308 e. The number of ketones is 1. The Bertz CT molecular complexity index is 1480. The Morgan fingerprint density at radius 3 is 2.73 bits per heavy atom. The molecule has 0 amide bonds. The fourth-order valence-corrected chi connectivity index (χ4v) is 5.23. The summed E-state index contributed by atoms with van der Waals surface area (Å²) in [5.41, 5.74) is 5.93. The van der Waals surface area contributed by atoms with Gasteiger partial charge in [-0.15, -0.1) is 11.3 Å². The zero-order valence-corrected chi connectivity index (χ0v) is 19.2. The molecule has 0 fully saturated rings. The summed E-state index contributed by atoms with van der Waals surface area (Å²) in [5, 5.41) is 0.599. The van der Waals surface area contributed by atoms with Crippen LogP contribution in [0.25, 0.3) is 21.3 Å². The summed E-state index contributed by atoms with van der Waals surface area (Å²) in [7, 11) is 0. The van der Waals surface area contributed by atoms with E-state index in [1.807, 2.05) is 38.1 Å². The average molecular weight is 459 g/mol. The van der Waals surface area contributed by atoms with E-state index in [0.29, 0.717) is 15.8 Å². The van der Waals surface area contributed by atoms with Crippen LogP contribution in [0.5, 0.6) is 0 Å². The Hall–Kier alpha value is -3.58. The normalized spacial score (nSPS) is 11.9. The Kier molecular flexibility index (Phi) is 5.42. The number of fused-ring (bicyclic) bond motifs is 4. The molecule has 0 saturated heterocycles. The summed E-state index contributed by atoms with van der Waals surface area (Å²) in [6.45, 7) is 3.69. The van der Waals surface area contributed by atoms with Gasteiger partial charge >= 0.3 is 5.97 Å². The average Bonchev–Trinajstić information content (AvgIpc) is 3.33. The predicted molar refractivity (Wildman–Crippen MR) is 128 cm³/mol. The summed E-state index contributed by atoms with van der Waals surface area (Å²) >= 11 is 1.49. The minimum Gasteiger partial charge on any atom is -0.457 e. The highest BCUT2D eigenvalue weighted by Gasteiger charge is 2.20. The van der Waals surface area contributed by atoms with Gasteiger partial charge in [-0.1, -0.05) is 36.4 Å². The van der Waals surface area contributed by atoms with Crippen molar-refractivity contribution in [2.45, 2.75) is 33.2 Å². The zero-order chi connectivity index (χ0) is 23.1. The monoisotopic (exact) mass is 458 g/mol. The molecular weight excluding hydrogens is 436 g/mol. The van der Waals surface area contributed by atoms with Gasteiger partial charge in [0.2, 0.25) is 0 Å². The number of aryl methyl sites for hydroxylation is 3. The largest absolute Gasteiger partial charge is 0.457 e. The molecule has 6 nitrogen and oxygen atoms in total. The number of nitrogens with zero attached hydrogens (tertiary/aromatic N) is 2. The van der Waals surface area contributed by atoms with Crippen LogP contribution in [0.1, 0.15) is 38.3 Å². The van der Waals surface area contributed by atoms with E-state index >= 15 is 0 Å². The number of ether oxygens (including phenoxy) is 1. The van der Waals surface area contributed by atoms with Crippen LogP contribution in [-0.4, -0.2) is 27.9 Å². The number of Topliss-reactive ketones (excluding diaryl/α,β-unsaturated/α-hetero) is 1. The number of rotatable bonds is 6. The van der Waals surface area contributed by atoms with E-state index in [2.05, 4.69) is 17.1 Å². The van der Waals surface area contributed by atoms with Crippen LogP contribution in [0.3, 0.4) is 0 Å². The molecular formula is C26H22N2O4S. The highest BCUT2D eigenvalue weighted by Crippen LogP contribution is 2.36. The maximum Gasteiger partial charge on any atom is 0.308 e. The Balaban J connectivity index is 1.22. The second kappa shape index (κ2) is 8.41. The third-order valence-electron chi connectivity index (χ3n) is 6.20. The lowest BCUT2D eigenvalue weighted by Crippen LogP contribution is -2.23. The van der Waals surface area contributed by atoms with Gasteiger partial charge in [0.05, 0.1) is 18.1 Å². The molecule has 0 unspecified atom stereocenters. The van der Waals surface area contributed by atoms with E-state index in [-0.39, 0.29) is 30.9 Å². The van der Waals surface area contributed by atoms with Crippen molar-refractivity contribution in [1.29, 1.82) is 0 Å². The van der Waals surface area contributed by atoms with Crippen LogP contribution >= 0.6 is 11.3 Å². The number of hydrogen-bond donors (Lipinski definition) is 0. The maximum absolute atomic E-state index is 12.7. The molecule has 5 rings (SSSR count). The van der Waals surface area contributed by atoms with Gasteiger partial charge in [-0.05, 0) is 54.2 Å². The molecule has 166 valence electrons. The van der Waals surface area contributed by atoms with Gasteiger partial charge in [0.15, 0.2) is 12.4 Å². The molecule has 0 atom stereocenters. The lowest BCUT2D eigenvalue weighted by molar-refractivity contribution is -0.142. The number of benzene rings is 2. The van der Waals surface area contributed by atoms with Gasteiger partial charge in [-0.3, -0.25) is 19.0 Å². The van der Waals surface area contributed by atoms with Crippen molar-refractivity contribution in [3.8, 4) is 11.1 Å². The topological polar surface area (TPSA) is 78.3 Å². The maximum atomic E-state index is 12.7. The second-order valence-electron chi connectivity index (χ2n) is 8.25. The zero-order valence-electron chi connectivity index (χ0n) is 18.4. The van der Waals surface area contributed by atoms with Gasteiger partial charge < -0.3 is 4.74 Å². The van der Waals surface area contributed by atoms with E-state index in [1.54, 1.807) is 6.07 Å². The summed E-state index contributed by atoms with van der Waals surface area (Å²) in [4.78, 5) is 43.7. The molecule has 2 aromatic carbocycles. The molecule has 0 radical (unpaired) electrons. The summed E-state index contributed by atoms with van der Waals surface area (Å²) in [6.07, 6.45) is 2.31. The molecule has 33 heavy (non-hydrogen) atoms. The van der Waals surface area contributed by atoms with E-state index in [9.17, 15) is 14.4 Å². The Morgan fingerprint density at radius 1 is 1.09 bits per heavy atom. The molecule has 0 bridgehead atoms.